The highest BCUT2D eigenvalue weighted by Crippen LogP contribution is 2.24. The van der Waals surface area contributed by atoms with Gasteiger partial charge in [0.25, 0.3) is 0 Å². The van der Waals surface area contributed by atoms with Crippen LogP contribution in [0.4, 0.5) is 11.8 Å². The smallest absolute Gasteiger partial charge is 0.225 e. The van der Waals surface area contributed by atoms with E-state index >= 15 is 0 Å². The van der Waals surface area contributed by atoms with Crippen LogP contribution in [0.1, 0.15) is 5.56 Å². The quantitative estimate of drug-likeness (QED) is 0.838. The minimum atomic E-state index is -0.170. The van der Waals surface area contributed by atoms with Gasteiger partial charge in [-0.2, -0.15) is 0 Å². The molecule has 8 heteroatoms. The van der Waals surface area contributed by atoms with E-state index in [1.54, 1.807) is 18.5 Å². The van der Waals surface area contributed by atoms with Crippen molar-refractivity contribution in [2.45, 2.75) is 6.61 Å². The summed E-state index contributed by atoms with van der Waals surface area (Å²) in [5, 5.41) is 9.74. The van der Waals surface area contributed by atoms with Crippen LogP contribution in [0.5, 0.6) is 0 Å². The molecule has 1 aliphatic heterocycles. The molecule has 0 bridgehead atoms. The number of piperazine rings is 1. The van der Waals surface area contributed by atoms with Gasteiger partial charge in [-0.25, -0.2) is 19.9 Å². The van der Waals surface area contributed by atoms with E-state index in [0.717, 1.165) is 32.1 Å². The Morgan fingerprint density at radius 2 is 1.67 bits per heavy atom. The van der Waals surface area contributed by atoms with Crippen LogP contribution in [-0.2, 0) is 6.61 Å². The molecule has 110 valence electrons. The molecule has 2 aromatic heterocycles. The molecule has 0 atom stereocenters. The van der Waals surface area contributed by atoms with Crippen LogP contribution in [0, 0.1) is 0 Å². The molecule has 21 heavy (non-hydrogen) atoms. The average molecular weight is 307 g/mol. The summed E-state index contributed by atoms with van der Waals surface area (Å²) in [5.74, 6) is 1.44. The van der Waals surface area contributed by atoms with E-state index in [4.69, 9.17) is 11.6 Å². The van der Waals surface area contributed by atoms with Crippen molar-refractivity contribution in [2.75, 3.05) is 36.0 Å². The molecule has 3 rings (SSSR count). The summed E-state index contributed by atoms with van der Waals surface area (Å²) in [4.78, 5) is 20.9. The van der Waals surface area contributed by atoms with Gasteiger partial charge in [-0.1, -0.05) is 11.6 Å². The molecule has 2 aromatic rings. The monoisotopic (exact) mass is 306 g/mol. The second-order valence-electron chi connectivity index (χ2n) is 4.65. The summed E-state index contributed by atoms with van der Waals surface area (Å²) >= 11 is 6.01. The van der Waals surface area contributed by atoms with E-state index in [1.165, 1.54) is 6.33 Å². The molecule has 1 N–H and O–H groups in total. The predicted molar refractivity (Wildman–Crippen MR) is 79.4 cm³/mol. The van der Waals surface area contributed by atoms with E-state index in [9.17, 15) is 5.11 Å². The Kier molecular flexibility index (Phi) is 4.12. The number of aliphatic hydroxyl groups is 1. The lowest BCUT2D eigenvalue weighted by Crippen LogP contribution is -2.47. The topological polar surface area (TPSA) is 78.3 Å². The molecule has 0 amide bonds. The maximum atomic E-state index is 9.44. The first-order chi connectivity index (χ1) is 10.3. The summed E-state index contributed by atoms with van der Waals surface area (Å²) in [5.41, 5.74) is 0.573. The molecule has 1 saturated heterocycles. The van der Waals surface area contributed by atoms with E-state index in [-0.39, 0.29) is 6.61 Å². The highest BCUT2D eigenvalue weighted by Gasteiger charge is 2.22. The van der Waals surface area contributed by atoms with Gasteiger partial charge in [0.1, 0.15) is 17.3 Å². The second kappa shape index (κ2) is 6.19. The van der Waals surface area contributed by atoms with Gasteiger partial charge in [-0.3, -0.25) is 0 Å². The number of anilines is 2. The highest BCUT2D eigenvalue weighted by molar-refractivity contribution is 6.30. The standard InChI is InChI=1S/C13H15ClN6O/c14-11-10(8-21)12(18-9-17-11)19-4-6-20(7-5-19)13-15-2-1-3-16-13/h1-3,9,21H,4-8H2. The van der Waals surface area contributed by atoms with Crippen LogP contribution in [0.25, 0.3) is 0 Å². The van der Waals surface area contributed by atoms with Crippen molar-refractivity contribution in [2.24, 2.45) is 0 Å². The molecular weight excluding hydrogens is 292 g/mol. The minimum Gasteiger partial charge on any atom is -0.391 e. The second-order valence-corrected chi connectivity index (χ2v) is 5.01. The van der Waals surface area contributed by atoms with Crippen molar-refractivity contribution in [3.8, 4) is 0 Å². The van der Waals surface area contributed by atoms with Crippen LogP contribution in [0.2, 0.25) is 5.15 Å². The number of aliphatic hydroxyl groups excluding tert-OH is 1. The van der Waals surface area contributed by atoms with E-state index in [0.29, 0.717) is 16.5 Å². The molecular formula is C13H15ClN6O. The Bertz CT molecular complexity index is 603. The zero-order valence-electron chi connectivity index (χ0n) is 11.4. The number of aromatic nitrogens is 4. The lowest BCUT2D eigenvalue weighted by Gasteiger charge is -2.36. The predicted octanol–water partition coefficient (Wildman–Crippen LogP) is 0.739. The van der Waals surface area contributed by atoms with Crippen LogP contribution < -0.4 is 9.80 Å². The van der Waals surface area contributed by atoms with Crippen LogP contribution in [0.15, 0.2) is 24.8 Å². The molecule has 3 heterocycles. The first-order valence-corrected chi connectivity index (χ1v) is 7.04. The molecule has 7 nitrogen and oxygen atoms in total. The summed E-state index contributed by atoms with van der Waals surface area (Å²) < 4.78 is 0. The average Bonchev–Trinajstić information content (AvgIpc) is 2.55. The maximum Gasteiger partial charge on any atom is 0.225 e. The van der Waals surface area contributed by atoms with E-state index in [2.05, 4.69) is 29.7 Å². The third-order valence-corrected chi connectivity index (χ3v) is 3.77. The molecule has 0 radical (unpaired) electrons. The minimum absolute atomic E-state index is 0.170. The molecule has 0 spiro atoms. The Morgan fingerprint density at radius 3 is 2.33 bits per heavy atom. The number of nitrogens with zero attached hydrogens (tertiary/aromatic N) is 6. The Balaban J connectivity index is 1.73. The Hall–Kier alpha value is -1.99. The maximum absolute atomic E-state index is 9.44. The highest BCUT2D eigenvalue weighted by atomic mass is 35.5. The van der Waals surface area contributed by atoms with Gasteiger partial charge in [-0.15, -0.1) is 0 Å². The fourth-order valence-electron chi connectivity index (χ4n) is 2.36. The van der Waals surface area contributed by atoms with Crippen molar-refractivity contribution in [3.63, 3.8) is 0 Å². The lowest BCUT2D eigenvalue weighted by molar-refractivity contribution is 0.281. The van der Waals surface area contributed by atoms with Gasteiger partial charge in [0.05, 0.1) is 12.2 Å². The lowest BCUT2D eigenvalue weighted by atomic mass is 10.2. The number of hydrogen-bond acceptors (Lipinski definition) is 7. The largest absolute Gasteiger partial charge is 0.391 e. The van der Waals surface area contributed by atoms with Crippen molar-refractivity contribution in [3.05, 3.63) is 35.5 Å². The van der Waals surface area contributed by atoms with Gasteiger partial charge < -0.3 is 14.9 Å². The summed E-state index contributed by atoms with van der Waals surface area (Å²) in [6.07, 6.45) is 4.90. The fraction of sp³-hybridized carbons (Fsp3) is 0.385. The van der Waals surface area contributed by atoms with Crippen molar-refractivity contribution in [1.29, 1.82) is 0 Å². The van der Waals surface area contributed by atoms with Gasteiger partial charge in [0.2, 0.25) is 5.95 Å². The van der Waals surface area contributed by atoms with Crippen LogP contribution >= 0.6 is 11.6 Å². The van der Waals surface area contributed by atoms with Crippen molar-refractivity contribution in [1.82, 2.24) is 19.9 Å². The third kappa shape index (κ3) is 2.88. The molecule has 0 aliphatic carbocycles. The molecule has 1 fully saturated rings. The van der Waals surface area contributed by atoms with Crippen LogP contribution in [-0.4, -0.2) is 51.2 Å². The van der Waals surface area contributed by atoms with Gasteiger partial charge in [0.15, 0.2) is 0 Å². The zero-order chi connectivity index (χ0) is 14.7. The van der Waals surface area contributed by atoms with E-state index < -0.39 is 0 Å². The number of hydrogen-bond donors (Lipinski definition) is 1. The molecule has 0 unspecified atom stereocenters. The number of halogens is 1. The fourth-order valence-corrected chi connectivity index (χ4v) is 2.55. The number of rotatable bonds is 3. The third-order valence-electron chi connectivity index (χ3n) is 3.44. The summed E-state index contributed by atoms with van der Waals surface area (Å²) in [6, 6.07) is 1.80. The first kappa shape index (κ1) is 14.0. The van der Waals surface area contributed by atoms with Gasteiger partial charge in [-0.05, 0) is 6.07 Å². The Labute approximate surface area is 127 Å². The molecule has 0 saturated carbocycles. The summed E-state index contributed by atoms with van der Waals surface area (Å²) in [7, 11) is 0. The zero-order valence-corrected chi connectivity index (χ0v) is 12.1. The SMILES string of the molecule is OCc1c(Cl)ncnc1N1CCN(c2ncccn2)CC1. The van der Waals surface area contributed by atoms with E-state index in [1.807, 2.05) is 0 Å². The molecule has 1 aliphatic rings. The van der Waals surface area contributed by atoms with Crippen LogP contribution in [0.3, 0.4) is 0 Å². The van der Waals surface area contributed by atoms with Gasteiger partial charge in [0, 0.05) is 38.6 Å². The molecule has 0 aromatic carbocycles. The summed E-state index contributed by atoms with van der Waals surface area (Å²) in [6.45, 7) is 2.93. The first-order valence-electron chi connectivity index (χ1n) is 6.66. The van der Waals surface area contributed by atoms with Crippen molar-refractivity contribution >= 4 is 23.4 Å². The Morgan fingerprint density at radius 1 is 1.00 bits per heavy atom. The normalized spacial score (nSPS) is 15.3. The van der Waals surface area contributed by atoms with Gasteiger partial charge >= 0.3 is 0 Å². The van der Waals surface area contributed by atoms with Crippen molar-refractivity contribution < 1.29 is 5.11 Å².